The largest absolute Gasteiger partial charge is 0.494 e. The highest BCUT2D eigenvalue weighted by molar-refractivity contribution is 5.95. The number of amides is 1. The standard InChI is InChI=1S/C18H19F2N3O4/c1-10(14-6-4-12(19)8-15(14)20)21-11(2)18(24)22-16-7-5-13(23(25)26)9-17(16)27-3/h4-11,21H,1-3H3,(H,22,24)/p+1/t10-,11+/m0/s1. The molecule has 144 valence electrons. The fourth-order valence-corrected chi connectivity index (χ4v) is 2.64. The summed E-state index contributed by atoms with van der Waals surface area (Å²) in [7, 11) is 1.34. The number of rotatable bonds is 7. The number of nitrogens with zero attached hydrogens (tertiary/aromatic N) is 1. The number of hydrogen-bond donors (Lipinski definition) is 2. The molecular weight excluding hydrogens is 360 g/mol. The average Bonchev–Trinajstić information content (AvgIpc) is 2.61. The van der Waals surface area contributed by atoms with Crippen LogP contribution in [0, 0.1) is 21.7 Å². The Morgan fingerprint density at radius 3 is 2.52 bits per heavy atom. The van der Waals surface area contributed by atoms with Crippen LogP contribution in [0.15, 0.2) is 36.4 Å². The molecule has 7 nitrogen and oxygen atoms in total. The number of quaternary nitrogens is 1. The Hall–Kier alpha value is -3.07. The van der Waals surface area contributed by atoms with E-state index in [-0.39, 0.29) is 22.7 Å². The Kier molecular flexibility index (Phi) is 6.40. The number of ether oxygens (including phenoxy) is 1. The van der Waals surface area contributed by atoms with Crippen molar-refractivity contribution >= 4 is 17.3 Å². The normalized spacial score (nSPS) is 12.9. The number of anilines is 1. The molecule has 1 amide bonds. The van der Waals surface area contributed by atoms with Gasteiger partial charge in [-0.1, -0.05) is 0 Å². The van der Waals surface area contributed by atoms with Gasteiger partial charge in [-0.2, -0.15) is 0 Å². The second kappa shape index (κ2) is 8.54. The summed E-state index contributed by atoms with van der Waals surface area (Å²) >= 11 is 0. The summed E-state index contributed by atoms with van der Waals surface area (Å²) in [5.41, 5.74) is 0.405. The summed E-state index contributed by atoms with van der Waals surface area (Å²) in [5.74, 6) is -1.58. The summed E-state index contributed by atoms with van der Waals surface area (Å²) in [6.45, 7) is 3.33. The van der Waals surface area contributed by atoms with Crippen molar-refractivity contribution < 1.29 is 28.6 Å². The van der Waals surface area contributed by atoms with E-state index in [0.29, 0.717) is 0 Å². The van der Waals surface area contributed by atoms with Gasteiger partial charge >= 0.3 is 0 Å². The van der Waals surface area contributed by atoms with Gasteiger partial charge in [0.05, 0.1) is 23.8 Å². The topological polar surface area (TPSA) is 98.1 Å². The Morgan fingerprint density at radius 1 is 1.22 bits per heavy atom. The molecule has 0 bridgehead atoms. The summed E-state index contributed by atoms with van der Waals surface area (Å²) in [6.07, 6.45) is 0. The van der Waals surface area contributed by atoms with Crippen molar-refractivity contribution in [2.24, 2.45) is 0 Å². The van der Waals surface area contributed by atoms with Crippen LogP contribution < -0.4 is 15.4 Å². The highest BCUT2D eigenvalue weighted by atomic mass is 19.1. The summed E-state index contributed by atoms with van der Waals surface area (Å²) < 4.78 is 32.0. The number of carbonyl (C=O) groups excluding carboxylic acids is 1. The molecule has 0 heterocycles. The maximum atomic E-state index is 13.9. The first-order valence-corrected chi connectivity index (χ1v) is 8.16. The lowest BCUT2D eigenvalue weighted by Crippen LogP contribution is -2.91. The molecule has 0 unspecified atom stereocenters. The number of halogens is 2. The van der Waals surface area contributed by atoms with Crippen molar-refractivity contribution in [3.63, 3.8) is 0 Å². The Labute approximate surface area is 154 Å². The van der Waals surface area contributed by atoms with E-state index in [2.05, 4.69) is 5.32 Å². The van der Waals surface area contributed by atoms with E-state index in [4.69, 9.17) is 4.74 Å². The number of nitrogens with one attached hydrogen (secondary N) is 1. The molecule has 0 radical (unpaired) electrons. The third-order valence-electron chi connectivity index (χ3n) is 4.10. The Balaban J connectivity index is 2.08. The van der Waals surface area contributed by atoms with Gasteiger partial charge in [0.15, 0.2) is 6.04 Å². The molecule has 0 saturated heterocycles. The van der Waals surface area contributed by atoms with Crippen LogP contribution in [0.1, 0.15) is 25.5 Å². The number of nitro benzene ring substituents is 1. The van der Waals surface area contributed by atoms with Crippen molar-refractivity contribution in [1.29, 1.82) is 0 Å². The summed E-state index contributed by atoms with van der Waals surface area (Å²) in [6, 6.07) is 6.11. The van der Waals surface area contributed by atoms with Crippen molar-refractivity contribution in [1.82, 2.24) is 0 Å². The van der Waals surface area contributed by atoms with Crippen LogP contribution in [0.5, 0.6) is 5.75 Å². The van der Waals surface area contributed by atoms with Crippen LogP contribution in [-0.2, 0) is 4.79 Å². The second-order valence-corrected chi connectivity index (χ2v) is 6.07. The zero-order valence-corrected chi connectivity index (χ0v) is 15.0. The van der Waals surface area contributed by atoms with Gasteiger partial charge in [0.1, 0.15) is 23.4 Å². The number of nitrogens with two attached hydrogens (primary N) is 1. The molecule has 0 aliphatic rings. The highest BCUT2D eigenvalue weighted by Gasteiger charge is 2.23. The minimum absolute atomic E-state index is 0.155. The van der Waals surface area contributed by atoms with E-state index < -0.39 is 34.5 Å². The number of non-ortho nitro benzene ring substituents is 1. The first-order valence-electron chi connectivity index (χ1n) is 8.16. The van der Waals surface area contributed by atoms with Crippen LogP contribution in [0.2, 0.25) is 0 Å². The molecule has 0 aliphatic heterocycles. The third kappa shape index (κ3) is 4.98. The van der Waals surface area contributed by atoms with Gasteiger partial charge in [-0.25, -0.2) is 8.78 Å². The molecule has 0 aromatic heterocycles. The van der Waals surface area contributed by atoms with E-state index in [1.54, 1.807) is 19.2 Å². The van der Waals surface area contributed by atoms with Gasteiger partial charge in [-0.05, 0) is 32.0 Å². The van der Waals surface area contributed by atoms with Gasteiger partial charge < -0.3 is 15.4 Å². The minimum atomic E-state index is -0.677. The van der Waals surface area contributed by atoms with Crippen molar-refractivity contribution in [3.05, 3.63) is 63.7 Å². The average molecular weight is 380 g/mol. The van der Waals surface area contributed by atoms with Gasteiger partial charge in [-0.15, -0.1) is 0 Å². The van der Waals surface area contributed by atoms with Crippen LogP contribution in [0.3, 0.4) is 0 Å². The second-order valence-electron chi connectivity index (χ2n) is 6.07. The molecule has 2 aromatic carbocycles. The van der Waals surface area contributed by atoms with Gasteiger partial charge in [0.25, 0.3) is 11.6 Å². The van der Waals surface area contributed by atoms with Crippen LogP contribution in [0.4, 0.5) is 20.2 Å². The van der Waals surface area contributed by atoms with Gasteiger partial charge in [0.2, 0.25) is 0 Å². The zero-order chi connectivity index (χ0) is 20.1. The lowest BCUT2D eigenvalue weighted by molar-refractivity contribution is -0.710. The molecule has 3 N–H and O–H groups in total. The van der Waals surface area contributed by atoms with Crippen molar-refractivity contribution in [3.8, 4) is 5.75 Å². The van der Waals surface area contributed by atoms with E-state index >= 15 is 0 Å². The fourth-order valence-electron chi connectivity index (χ4n) is 2.64. The quantitative estimate of drug-likeness (QED) is 0.570. The fraction of sp³-hybridized carbons (Fsp3) is 0.278. The minimum Gasteiger partial charge on any atom is -0.494 e. The molecule has 27 heavy (non-hydrogen) atoms. The molecule has 2 aromatic rings. The highest BCUT2D eigenvalue weighted by Crippen LogP contribution is 2.29. The lowest BCUT2D eigenvalue weighted by Gasteiger charge is -2.18. The first-order chi connectivity index (χ1) is 12.7. The van der Waals surface area contributed by atoms with Crippen LogP contribution in [0.25, 0.3) is 0 Å². The SMILES string of the molecule is COc1cc([N+](=O)[O-])ccc1NC(=O)[C@@H](C)[NH2+][C@@H](C)c1ccc(F)cc1F. The van der Waals surface area contributed by atoms with Crippen LogP contribution in [-0.4, -0.2) is 24.0 Å². The molecule has 0 saturated carbocycles. The number of benzene rings is 2. The molecule has 0 spiro atoms. The Bertz CT molecular complexity index is 860. The molecule has 0 fully saturated rings. The molecule has 2 atom stereocenters. The molecule has 9 heteroatoms. The van der Waals surface area contributed by atoms with Gasteiger partial charge in [0, 0.05) is 17.7 Å². The number of hydrogen-bond acceptors (Lipinski definition) is 4. The van der Waals surface area contributed by atoms with Crippen molar-refractivity contribution in [2.75, 3.05) is 12.4 Å². The number of carbonyl (C=O) groups is 1. The lowest BCUT2D eigenvalue weighted by atomic mass is 10.1. The van der Waals surface area contributed by atoms with E-state index in [1.165, 1.54) is 31.4 Å². The zero-order valence-electron chi connectivity index (χ0n) is 15.0. The first kappa shape index (κ1) is 20.2. The monoisotopic (exact) mass is 380 g/mol. The Morgan fingerprint density at radius 2 is 1.93 bits per heavy atom. The molecular formula is C18H20F2N3O4+. The van der Waals surface area contributed by atoms with Crippen molar-refractivity contribution in [2.45, 2.75) is 25.9 Å². The van der Waals surface area contributed by atoms with Crippen LogP contribution >= 0.6 is 0 Å². The maximum Gasteiger partial charge on any atom is 0.282 e. The third-order valence-corrected chi connectivity index (χ3v) is 4.10. The summed E-state index contributed by atoms with van der Waals surface area (Å²) in [4.78, 5) is 22.7. The van der Waals surface area contributed by atoms with E-state index in [0.717, 1.165) is 12.1 Å². The summed E-state index contributed by atoms with van der Waals surface area (Å²) in [5, 5.41) is 15.1. The number of nitro groups is 1. The maximum absolute atomic E-state index is 13.9. The number of methoxy groups -OCH3 is 1. The molecule has 2 rings (SSSR count). The smallest absolute Gasteiger partial charge is 0.282 e. The van der Waals surface area contributed by atoms with E-state index in [1.807, 2.05) is 0 Å². The van der Waals surface area contributed by atoms with Gasteiger partial charge in [-0.3, -0.25) is 14.9 Å². The van der Waals surface area contributed by atoms with E-state index in [9.17, 15) is 23.7 Å². The molecule has 0 aliphatic carbocycles. The predicted octanol–water partition coefficient (Wildman–Crippen LogP) is 2.53. The predicted molar refractivity (Wildman–Crippen MR) is 94.4 cm³/mol.